The normalized spacial score (nSPS) is 18.0. The van der Waals surface area contributed by atoms with Crippen molar-refractivity contribution in [1.29, 1.82) is 0 Å². The zero-order chi connectivity index (χ0) is 12.5. The summed E-state index contributed by atoms with van der Waals surface area (Å²) >= 11 is 0. The van der Waals surface area contributed by atoms with Gasteiger partial charge in [0, 0.05) is 0 Å². The Morgan fingerprint density at radius 3 is 2.29 bits per heavy atom. The van der Waals surface area contributed by atoms with Crippen molar-refractivity contribution in [3.8, 4) is 0 Å². The van der Waals surface area contributed by atoms with Gasteiger partial charge in [-0.15, -0.1) is 0 Å². The van der Waals surface area contributed by atoms with Crippen molar-refractivity contribution in [2.24, 2.45) is 0 Å². The molecule has 0 heterocycles. The van der Waals surface area contributed by atoms with E-state index in [2.05, 4.69) is 4.72 Å². The molecule has 0 unspecified atom stereocenters. The fraction of sp³-hybridized carbons (Fsp3) is 0.500. The van der Waals surface area contributed by atoms with Crippen molar-refractivity contribution in [2.45, 2.75) is 36.6 Å². The van der Waals surface area contributed by atoms with Gasteiger partial charge in [0.2, 0.25) is 10.0 Å². The van der Waals surface area contributed by atoms with Gasteiger partial charge in [0.25, 0.3) is 0 Å². The number of benzene rings is 1. The van der Waals surface area contributed by atoms with Gasteiger partial charge in [-0.25, -0.2) is 13.1 Å². The van der Waals surface area contributed by atoms with Crippen LogP contribution in [-0.2, 0) is 16.4 Å². The Balaban J connectivity index is 2.19. The van der Waals surface area contributed by atoms with Gasteiger partial charge in [-0.05, 0) is 37.0 Å². The summed E-state index contributed by atoms with van der Waals surface area (Å²) < 4.78 is 26.6. The van der Waals surface area contributed by atoms with E-state index in [1.165, 1.54) is 0 Å². The first-order valence-corrected chi connectivity index (χ1v) is 7.23. The highest BCUT2D eigenvalue weighted by molar-refractivity contribution is 7.89. The van der Waals surface area contributed by atoms with Crippen molar-refractivity contribution in [3.05, 3.63) is 29.8 Å². The Hall–Kier alpha value is -0.910. The molecule has 2 N–H and O–H groups in total. The highest BCUT2D eigenvalue weighted by atomic mass is 32.2. The summed E-state index contributed by atoms with van der Waals surface area (Å²) in [4.78, 5) is 0.259. The van der Waals surface area contributed by atoms with E-state index in [-0.39, 0.29) is 11.5 Å². The zero-order valence-corrected chi connectivity index (χ0v) is 10.6. The molecule has 0 radical (unpaired) electrons. The van der Waals surface area contributed by atoms with Gasteiger partial charge in [-0.1, -0.05) is 19.1 Å². The highest BCUT2D eigenvalue weighted by Gasteiger charge is 2.45. The molecule has 0 saturated heterocycles. The molecule has 94 valence electrons. The number of rotatable bonds is 5. The number of aryl methyl sites for hydroxylation is 1. The zero-order valence-electron chi connectivity index (χ0n) is 9.81. The summed E-state index contributed by atoms with van der Waals surface area (Å²) in [7, 11) is -3.50. The third kappa shape index (κ3) is 2.68. The second kappa shape index (κ2) is 4.40. The fourth-order valence-corrected chi connectivity index (χ4v) is 3.14. The number of aliphatic hydroxyl groups is 1. The predicted octanol–water partition coefficient (Wildman–Crippen LogP) is 1.05. The third-order valence-electron chi connectivity index (χ3n) is 3.15. The highest BCUT2D eigenvalue weighted by Crippen LogP contribution is 2.36. The summed E-state index contributed by atoms with van der Waals surface area (Å²) in [5.74, 6) is 0. The molecular formula is C12H17NO3S. The minimum absolute atomic E-state index is 0.140. The summed E-state index contributed by atoms with van der Waals surface area (Å²) in [5, 5.41) is 9.12. The average Bonchev–Trinajstić information content (AvgIpc) is 3.09. The first-order valence-electron chi connectivity index (χ1n) is 5.75. The van der Waals surface area contributed by atoms with Crippen molar-refractivity contribution in [2.75, 3.05) is 6.61 Å². The van der Waals surface area contributed by atoms with Gasteiger partial charge < -0.3 is 5.11 Å². The van der Waals surface area contributed by atoms with E-state index in [0.29, 0.717) is 12.8 Å². The molecule has 0 aromatic heterocycles. The molecule has 1 aromatic rings. The van der Waals surface area contributed by atoms with Crippen LogP contribution in [0.1, 0.15) is 25.3 Å². The van der Waals surface area contributed by atoms with E-state index in [9.17, 15) is 8.42 Å². The molecule has 1 aliphatic rings. The topological polar surface area (TPSA) is 66.4 Å². The Kier molecular flexibility index (Phi) is 3.25. The maximum Gasteiger partial charge on any atom is 0.241 e. The van der Waals surface area contributed by atoms with Crippen LogP contribution in [0.4, 0.5) is 0 Å². The van der Waals surface area contributed by atoms with E-state index < -0.39 is 15.6 Å². The first-order chi connectivity index (χ1) is 8.01. The molecule has 0 aliphatic heterocycles. The number of aliphatic hydroxyl groups excluding tert-OH is 1. The van der Waals surface area contributed by atoms with Crippen molar-refractivity contribution < 1.29 is 13.5 Å². The van der Waals surface area contributed by atoms with Gasteiger partial charge in [0.15, 0.2) is 0 Å². The number of hydrogen-bond donors (Lipinski definition) is 2. The van der Waals surface area contributed by atoms with Crippen LogP contribution in [0.3, 0.4) is 0 Å². The number of sulfonamides is 1. The molecule has 0 bridgehead atoms. The molecule has 1 fully saturated rings. The van der Waals surface area contributed by atoms with Crippen molar-refractivity contribution in [1.82, 2.24) is 4.72 Å². The van der Waals surface area contributed by atoms with E-state index >= 15 is 0 Å². The molecule has 1 saturated carbocycles. The molecule has 5 heteroatoms. The number of hydrogen-bond acceptors (Lipinski definition) is 3. The summed E-state index contributed by atoms with van der Waals surface area (Å²) in [6.45, 7) is 1.88. The van der Waals surface area contributed by atoms with Crippen LogP contribution in [0.15, 0.2) is 29.2 Å². The van der Waals surface area contributed by atoms with Crippen LogP contribution in [0.5, 0.6) is 0 Å². The van der Waals surface area contributed by atoms with Crippen molar-refractivity contribution in [3.63, 3.8) is 0 Å². The van der Waals surface area contributed by atoms with Crippen LogP contribution in [0, 0.1) is 0 Å². The lowest BCUT2D eigenvalue weighted by atomic mass is 10.2. The number of nitrogens with one attached hydrogen (secondary N) is 1. The smallest absolute Gasteiger partial charge is 0.241 e. The third-order valence-corrected chi connectivity index (χ3v) is 4.74. The molecule has 0 spiro atoms. The Morgan fingerprint density at radius 2 is 1.88 bits per heavy atom. The molecule has 1 aliphatic carbocycles. The minimum atomic E-state index is -3.50. The Labute approximate surface area is 102 Å². The first kappa shape index (κ1) is 12.5. The quantitative estimate of drug-likeness (QED) is 0.826. The predicted molar refractivity (Wildman–Crippen MR) is 65.2 cm³/mol. The van der Waals surface area contributed by atoms with E-state index in [1.807, 2.05) is 19.1 Å². The van der Waals surface area contributed by atoms with Gasteiger partial charge in [0.05, 0.1) is 17.0 Å². The molecule has 4 nitrogen and oxygen atoms in total. The van der Waals surface area contributed by atoms with Crippen LogP contribution in [0.2, 0.25) is 0 Å². The lowest BCUT2D eigenvalue weighted by molar-refractivity contribution is 0.246. The average molecular weight is 255 g/mol. The molecule has 0 atom stereocenters. The van der Waals surface area contributed by atoms with Gasteiger partial charge >= 0.3 is 0 Å². The van der Waals surface area contributed by atoms with Crippen molar-refractivity contribution >= 4 is 10.0 Å². The second-order valence-electron chi connectivity index (χ2n) is 4.54. The molecule has 17 heavy (non-hydrogen) atoms. The Bertz CT molecular complexity index is 489. The monoisotopic (exact) mass is 255 g/mol. The van der Waals surface area contributed by atoms with Gasteiger partial charge in [-0.3, -0.25) is 0 Å². The molecule has 1 aromatic carbocycles. The van der Waals surface area contributed by atoms with Crippen LogP contribution >= 0.6 is 0 Å². The van der Waals surface area contributed by atoms with Gasteiger partial charge in [-0.2, -0.15) is 0 Å². The largest absolute Gasteiger partial charge is 0.394 e. The van der Waals surface area contributed by atoms with Gasteiger partial charge in [0.1, 0.15) is 0 Å². The standard InChI is InChI=1S/C12H17NO3S/c1-2-10-3-5-11(6-4-10)17(15,16)13-12(9-14)7-8-12/h3-6,13-14H,2,7-9H2,1H3. The van der Waals surface area contributed by atoms with Crippen LogP contribution in [0.25, 0.3) is 0 Å². The lowest BCUT2D eigenvalue weighted by Gasteiger charge is -2.14. The lowest BCUT2D eigenvalue weighted by Crippen LogP contribution is -2.39. The molecule has 2 rings (SSSR count). The molecular weight excluding hydrogens is 238 g/mol. The van der Waals surface area contributed by atoms with Crippen LogP contribution < -0.4 is 4.72 Å². The SMILES string of the molecule is CCc1ccc(S(=O)(=O)NC2(CO)CC2)cc1. The fourth-order valence-electron chi connectivity index (χ4n) is 1.69. The minimum Gasteiger partial charge on any atom is -0.394 e. The van der Waals surface area contributed by atoms with E-state index in [4.69, 9.17) is 5.11 Å². The summed E-state index contributed by atoms with van der Waals surface area (Å²) in [6.07, 6.45) is 2.29. The molecule has 0 amide bonds. The summed E-state index contributed by atoms with van der Waals surface area (Å²) in [6, 6.07) is 6.84. The van der Waals surface area contributed by atoms with E-state index in [0.717, 1.165) is 12.0 Å². The maximum atomic E-state index is 12.0. The maximum absolute atomic E-state index is 12.0. The van der Waals surface area contributed by atoms with Crippen LogP contribution in [-0.4, -0.2) is 25.7 Å². The Morgan fingerprint density at radius 1 is 1.29 bits per heavy atom. The summed E-state index contributed by atoms with van der Waals surface area (Å²) in [5.41, 5.74) is 0.495. The second-order valence-corrected chi connectivity index (χ2v) is 6.22. The van der Waals surface area contributed by atoms with E-state index in [1.54, 1.807) is 12.1 Å².